The fraction of sp³-hybridized carbons (Fsp3) is 0.250. The predicted octanol–water partition coefficient (Wildman–Crippen LogP) is 4.67. The zero-order valence-corrected chi connectivity index (χ0v) is 19.3. The highest BCUT2D eigenvalue weighted by atomic mass is 35.5. The van der Waals surface area contributed by atoms with Gasteiger partial charge in [-0.05, 0) is 43.2 Å². The third kappa shape index (κ3) is 4.91. The molecule has 0 saturated carbocycles. The fourth-order valence-corrected chi connectivity index (χ4v) is 6.12. The highest BCUT2D eigenvalue weighted by Crippen LogP contribution is 2.33. The van der Waals surface area contributed by atoms with E-state index in [0.29, 0.717) is 28.7 Å². The minimum atomic E-state index is -3.73. The van der Waals surface area contributed by atoms with Crippen molar-refractivity contribution in [2.24, 2.45) is 0 Å². The van der Waals surface area contributed by atoms with E-state index < -0.39 is 10.0 Å². The van der Waals surface area contributed by atoms with Crippen molar-refractivity contribution in [3.8, 4) is 0 Å². The van der Waals surface area contributed by atoms with Gasteiger partial charge in [-0.15, -0.1) is 10.2 Å². The smallest absolute Gasteiger partial charge is 0.286 e. The first-order valence-electron chi connectivity index (χ1n) is 9.49. The number of carbonyl (C=O) groups excluding carboxylic acids is 1. The van der Waals surface area contributed by atoms with Gasteiger partial charge in [-0.2, -0.15) is 4.31 Å². The van der Waals surface area contributed by atoms with Crippen LogP contribution < -0.4 is 5.32 Å². The molecule has 1 aliphatic rings. The Balaban J connectivity index is 1.49. The van der Waals surface area contributed by atoms with Crippen LogP contribution in [0.3, 0.4) is 0 Å². The van der Waals surface area contributed by atoms with Crippen LogP contribution in [-0.4, -0.2) is 41.9 Å². The lowest BCUT2D eigenvalue weighted by atomic mass is 10.0. The maximum atomic E-state index is 13.1. The van der Waals surface area contributed by atoms with Gasteiger partial charge in [0.05, 0.1) is 14.9 Å². The summed E-state index contributed by atoms with van der Waals surface area (Å²) in [4.78, 5) is 12.5. The number of hydrogen-bond acceptors (Lipinski definition) is 6. The Morgan fingerprint density at radius 3 is 2.61 bits per heavy atom. The molecule has 4 rings (SSSR count). The zero-order chi connectivity index (χ0) is 22.0. The molecule has 1 aromatic heterocycles. The van der Waals surface area contributed by atoms with Crippen molar-refractivity contribution in [2.45, 2.75) is 23.7 Å². The third-order valence-electron chi connectivity index (χ3n) is 4.93. The van der Waals surface area contributed by atoms with E-state index in [4.69, 9.17) is 23.2 Å². The van der Waals surface area contributed by atoms with Crippen molar-refractivity contribution in [1.29, 1.82) is 0 Å². The van der Waals surface area contributed by atoms with E-state index in [1.54, 1.807) is 12.1 Å². The van der Waals surface area contributed by atoms with Crippen molar-refractivity contribution in [1.82, 2.24) is 14.5 Å². The molecule has 11 heteroatoms. The second-order valence-electron chi connectivity index (χ2n) is 7.04. The summed E-state index contributed by atoms with van der Waals surface area (Å²) < 4.78 is 27.6. The van der Waals surface area contributed by atoms with Gasteiger partial charge in [-0.3, -0.25) is 4.79 Å². The van der Waals surface area contributed by atoms with Crippen molar-refractivity contribution in [3.63, 3.8) is 0 Å². The first-order chi connectivity index (χ1) is 14.8. The van der Waals surface area contributed by atoms with Crippen LogP contribution in [0.2, 0.25) is 10.0 Å². The molecule has 162 valence electrons. The molecule has 0 radical (unpaired) electrons. The molecule has 1 saturated heterocycles. The van der Waals surface area contributed by atoms with Gasteiger partial charge in [0.25, 0.3) is 5.91 Å². The fourth-order valence-electron chi connectivity index (χ4n) is 3.35. The zero-order valence-electron chi connectivity index (χ0n) is 16.2. The minimum Gasteiger partial charge on any atom is -0.320 e. The van der Waals surface area contributed by atoms with Crippen LogP contribution >= 0.6 is 34.5 Å². The van der Waals surface area contributed by atoms with Crippen LogP contribution in [0.4, 0.5) is 5.69 Å². The number of rotatable bonds is 5. The number of halogens is 2. The van der Waals surface area contributed by atoms with Gasteiger partial charge in [0.15, 0.2) is 0 Å². The van der Waals surface area contributed by atoms with Crippen molar-refractivity contribution in [2.75, 3.05) is 18.4 Å². The molecule has 0 aliphatic carbocycles. The average molecular weight is 497 g/mol. The van der Waals surface area contributed by atoms with E-state index in [-0.39, 0.29) is 33.3 Å². The highest BCUT2D eigenvalue weighted by molar-refractivity contribution is 7.89. The first kappa shape index (κ1) is 22.2. The van der Waals surface area contributed by atoms with E-state index in [2.05, 4.69) is 15.5 Å². The van der Waals surface area contributed by atoms with E-state index in [1.807, 2.05) is 18.2 Å². The summed E-state index contributed by atoms with van der Waals surface area (Å²) in [5.74, 6) is -0.479. The number of sulfonamides is 1. The van der Waals surface area contributed by atoms with Gasteiger partial charge >= 0.3 is 0 Å². The Bertz CT molecular complexity index is 1200. The number of amides is 1. The third-order valence-corrected chi connectivity index (χ3v) is 8.61. The van der Waals surface area contributed by atoms with E-state index in [1.165, 1.54) is 33.8 Å². The SMILES string of the molecule is O=C(Nc1ccccc1)c1nnc([C@H]2CCCN(S(=O)(=O)c3ccc(Cl)c(Cl)c3)C2)s1. The van der Waals surface area contributed by atoms with Crippen LogP contribution in [0.15, 0.2) is 53.4 Å². The summed E-state index contributed by atoms with van der Waals surface area (Å²) in [6.07, 6.45) is 1.44. The van der Waals surface area contributed by atoms with Gasteiger partial charge in [0.1, 0.15) is 5.01 Å². The molecule has 1 fully saturated rings. The minimum absolute atomic E-state index is 0.0998. The molecule has 0 unspecified atom stereocenters. The molecule has 31 heavy (non-hydrogen) atoms. The molecule has 0 spiro atoms. The van der Waals surface area contributed by atoms with Gasteiger partial charge in [0, 0.05) is 24.7 Å². The number of anilines is 1. The maximum Gasteiger partial charge on any atom is 0.286 e. The summed E-state index contributed by atoms with van der Waals surface area (Å²) in [7, 11) is -3.73. The number of nitrogens with one attached hydrogen (secondary N) is 1. The summed E-state index contributed by atoms with van der Waals surface area (Å²) in [5, 5.41) is 12.3. The van der Waals surface area contributed by atoms with Crippen LogP contribution in [-0.2, 0) is 10.0 Å². The van der Waals surface area contributed by atoms with Gasteiger partial charge in [-0.25, -0.2) is 8.42 Å². The Morgan fingerprint density at radius 1 is 1.10 bits per heavy atom. The Morgan fingerprint density at radius 2 is 1.87 bits per heavy atom. The second kappa shape index (κ2) is 9.22. The lowest BCUT2D eigenvalue weighted by molar-refractivity contribution is 0.102. The number of para-hydroxylation sites is 1. The quantitative estimate of drug-likeness (QED) is 0.554. The van der Waals surface area contributed by atoms with Crippen LogP contribution in [0.5, 0.6) is 0 Å². The molecular formula is C20H18Cl2N4O3S2. The molecule has 2 aromatic carbocycles. The summed E-state index contributed by atoms with van der Waals surface area (Å²) >= 11 is 13.1. The number of benzene rings is 2. The number of hydrogen-bond donors (Lipinski definition) is 1. The lowest BCUT2D eigenvalue weighted by Gasteiger charge is -2.30. The molecule has 7 nitrogen and oxygen atoms in total. The normalized spacial score (nSPS) is 17.4. The molecular weight excluding hydrogens is 479 g/mol. The van der Waals surface area contributed by atoms with Crippen LogP contribution in [0, 0.1) is 0 Å². The molecule has 0 bridgehead atoms. The van der Waals surface area contributed by atoms with E-state index >= 15 is 0 Å². The molecule has 2 heterocycles. The van der Waals surface area contributed by atoms with E-state index in [9.17, 15) is 13.2 Å². The topological polar surface area (TPSA) is 92.3 Å². The number of nitrogens with zero attached hydrogens (tertiary/aromatic N) is 3. The van der Waals surface area contributed by atoms with Gasteiger partial charge in [-0.1, -0.05) is 52.7 Å². The first-order valence-corrected chi connectivity index (χ1v) is 12.5. The molecule has 1 atom stereocenters. The predicted molar refractivity (Wildman–Crippen MR) is 122 cm³/mol. The number of aromatic nitrogens is 2. The average Bonchev–Trinajstić information content (AvgIpc) is 3.27. The highest BCUT2D eigenvalue weighted by Gasteiger charge is 2.33. The van der Waals surface area contributed by atoms with Gasteiger partial charge in [0.2, 0.25) is 15.0 Å². The van der Waals surface area contributed by atoms with Crippen LogP contribution in [0.25, 0.3) is 0 Å². The number of piperidine rings is 1. The molecule has 3 aromatic rings. The molecule has 1 amide bonds. The maximum absolute atomic E-state index is 13.1. The Hall–Kier alpha value is -2.04. The van der Waals surface area contributed by atoms with Crippen molar-refractivity contribution >= 4 is 56.2 Å². The molecule has 1 N–H and O–H groups in total. The second-order valence-corrected chi connectivity index (χ2v) is 10.8. The number of carbonyl (C=O) groups is 1. The standard InChI is InChI=1S/C20H18Cl2N4O3S2/c21-16-9-8-15(11-17(16)22)31(28,29)26-10-4-5-13(12-26)19-24-25-20(30-19)18(27)23-14-6-2-1-3-7-14/h1-3,6-9,11,13H,4-5,10,12H2,(H,23,27)/t13-/m0/s1. The van der Waals surface area contributed by atoms with Crippen molar-refractivity contribution in [3.05, 3.63) is 68.6 Å². The molecule has 1 aliphatic heterocycles. The van der Waals surface area contributed by atoms with Crippen molar-refractivity contribution < 1.29 is 13.2 Å². The van der Waals surface area contributed by atoms with Gasteiger partial charge < -0.3 is 5.32 Å². The summed E-state index contributed by atoms with van der Waals surface area (Å²) in [6, 6.07) is 13.4. The lowest BCUT2D eigenvalue weighted by Crippen LogP contribution is -2.39. The summed E-state index contributed by atoms with van der Waals surface area (Å²) in [6.45, 7) is 0.663. The monoisotopic (exact) mass is 496 g/mol. The van der Waals surface area contributed by atoms with E-state index in [0.717, 1.165) is 6.42 Å². The largest absolute Gasteiger partial charge is 0.320 e. The Labute approximate surface area is 194 Å². The summed E-state index contributed by atoms with van der Waals surface area (Å²) in [5.41, 5.74) is 0.667. The Kier molecular flexibility index (Phi) is 6.59. The van der Waals surface area contributed by atoms with Crippen LogP contribution in [0.1, 0.15) is 33.6 Å².